The van der Waals surface area contributed by atoms with Gasteiger partial charge in [-0.1, -0.05) is 60.7 Å². The number of nitro groups is 1. The maximum absolute atomic E-state index is 13.0. The van der Waals surface area contributed by atoms with Gasteiger partial charge in [0.25, 0.3) is 11.6 Å². The zero-order valence-corrected chi connectivity index (χ0v) is 18.7. The number of nitrogens with one attached hydrogen (secondary N) is 3. The van der Waals surface area contributed by atoms with Crippen LogP contribution in [0.1, 0.15) is 16.7 Å². The zero-order valence-electron chi connectivity index (χ0n) is 18.7. The van der Waals surface area contributed by atoms with Crippen molar-refractivity contribution in [1.29, 1.82) is 0 Å². The molecule has 1 amide bonds. The SMILES string of the molecule is O=C1Nc2ccc([N+](=O)[O-])cc2/C1=C(/Nc1ccc(CNc2ccccc2)cc1)c1ccccc1. The first kappa shape index (κ1) is 21.9. The van der Waals surface area contributed by atoms with Crippen molar-refractivity contribution in [2.24, 2.45) is 0 Å². The van der Waals surface area contributed by atoms with Gasteiger partial charge in [0.1, 0.15) is 0 Å². The Balaban J connectivity index is 1.48. The fraction of sp³-hybridized carbons (Fsp3) is 0.0357. The molecule has 0 saturated heterocycles. The summed E-state index contributed by atoms with van der Waals surface area (Å²) in [5.41, 5.74) is 5.67. The summed E-state index contributed by atoms with van der Waals surface area (Å²) in [6.45, 7) is 0.677. The lowest BCUT2D eigenvalue weighted by Crippen LogP contribution is -2.10. The highest BCUT2D eigenvalue weighted by Gasteiger charge is 2.30. The van der Waals surface area contributed by atoms with Crippen molar-refractivity contribution in [2.75, 3.05) is 16.0 Å². The highest BCUT2D eigenvalue weighted by atomic mass is 16.6. The molecule has 5 rings (SSSR count). The lowest BCUT2D eigenvalue weighted by molar-refractivity contribution is -0.384. The molecule has 4 aromatic rings. The maximum atomic E-state index is 13.0. The average molecular weight is 463 g/mol. The fourth-order valence-electron chi connectivity index (χ4n) is 4.01. The molecule has 4 aromatic carbocycles. The summed E-state index contributed by atoms with van der Waals surface area (Å²) >= 11 is 0. The van der Waals surface area contributed by atoms with Crippen molar-refractivity contribution in [1.82, 2.24) is 0 Å². The number of benzene rings is 4. The second kappa shape index (κ2) is 9.52. The van der Waals surface area contributed by atoms with Crippen LogP contribution in [0.4, 0.5) is 22.7 Å². The van der Waals surface area contributed by atoms with Crippen LogP contribution < -0.4 is 16.0 Å². The van der Waals surface area contributed by atoms with E-state index in [1.165, 1.54) is 12.1 Å². The van der Waals surface area contributed by atoms with E-state index >= 15 is 0 Å². The molecule has 7 heteroatoms. The third-order valence-corrected chi connectivity index (χ3v) is 5.76. The number of carbonyl (C=O) groups excluding carboxylic acids is 1. The largest absolute Gasteiger partial charge is 0.381 e. The molecular weight excluding hydrogens is 440 g/mol. The van der Waals surface area contributed by atoms with Crippen molar-refractivity contribution in [3.8, 4) is 0 Å². The second-order valence-corrected chi connectivity index (χ2v) is 8.10. The molecule has 0 atom stereocenters. The van der Waals surface area contributed by atoms with Gasteiger partial charge in [0.05, 0.1) is 16.2 Å². The van der Waals surface area contributed by atoms with E-state index in [9.17, 15) is 14.9 Å². The standard InChI is InChI=1S/C28H22N4O3/c33-28-26(24-17-23(32(34)35)15-16-25(24)31-28)27(20-7-3-1-4-8-20)30-22-13-11-19(12-14-22)18-29-21-9-5-2-6-10-21/h1-17,29-30H,18H2,(H,31,33)/b27-26-. The minimum absolute atomic E-state index is 0.0690. The number of nitrogens with zero attached hydrogens (tertiary/aromatic N) is 1. The molecule has 1 aliphatic heterocycles. The number of amides is 1. The van der Waals surface area contributed by atoms with Gasteiger partial charge in [0.2, 0.25) is 0 Å². The summed E-state index contributed by atoms with van der Waals surface area (Å²) in [6.07, 6.45) is 0. The van der Waals surface area contributed by atoms with Crippen LogP contribution in [-0.2, 0) is 11.3 Å². The summed E-state index contributed by atoms with van der Waals surface area (Å²) in [6, 6.07) is 31.8. The third-order valence-electron chi connectivity index (χ3n) is 5.76. The van der Waals surface area contributed by atoms with Crippen LogP contribution in [0, 0.1) is 10.1 Å². The van der Waals surface area contributed by atoms with Crippen LogP contribution >= 0.6 is 0 Å². The highest BCUT2D eigenvalue weighted by molar-refractivity contribution is 6.37. The van der Waals surface area contributed by atoms with Gasteiger partial charge in [-0.05, 0) is 41.5 Å². The molecule has 0 unspecified atom stereocenters. The molecular formula is C28H22N4O3. The number of para-hydroxylation sites is 1. The van der Waals surface area contributed by atoms with Crippen LogP contribution in [0.2, 0.25) is 0 Å². The first-order valence-electron chi connectivity index (χ1n) is 11.1. The van der Waals surface area contributed by atoms with E-state index in [2.05, 4.69) is 16.0 Å². The van der Waals surface area contributed by atoms with E-state index in [1.54, 1.807) is 6.07 Å². The molecule has 7 nitrogen and oxygen atoms in total. The molecule has 0 spiro atoms. The summed E-state index contributed by atoms with van der Waals surface area (Å²) in [5.74, 6) is -0.310. The number of anilines is 3. The number of rotatable bonds is 7. The first-order valence-corrected chi connectivity index (χ1v) is 11.1. The van der Waals surface area contributed by atoms with E-state index in [4.69, 9.17) is 0 Å². The topological polar surface area (TPSA) is 96.3 Å². The zero-order chi connectivity index (χ0) is 24.2. The van der Waals surface area contributed by atoms with Crippen molar-refractivity contribution in [3.05, 3.63) is 130 Å². The smallest absolute Gasteiger partial charge is 0.270 e. The van der Waals surface area contributed by atoms with Gasteiger partial charge in [0.15, 0.2) is 0 Å². The third kappa shape index (κ3) is 4.74. The molecule has 0 bridgehead atoms. The summed E-state index contributed by atoms with van der Waals surface area (Å²) in [4.78, 5) is 23.9. The van der Waals surface area contributed by atoms with Crippen molar-refractivity contribution in [2.45, 2.75) is 6.54 Å². The molecule has 0 radical (unpaired) electrons. The number of non-ortho nitro benzene ring substituents is 1. The van der Waals surface area contributed by atoms with Crippen LogP contribution in [-0.4, -0.2) is 10.8 Å². The highest BCUT2D eigenvalue weighted by Crippen LogP contribution is 2.39. The molecule has 3 N–H and O–H groups in total. The minimum atomic E-state index is -0.460. The normalized spacial score (nSPS) is 13.5. The predicted molar refractivity (Wildman–Crippen MR) is 139 cm³/mol. The molecule has 0 aliphatic carbocycles. The van der Waals surface area contributed by atoms with Crippen molar-refractivity contribution >= 4 is 39.9 Å². The Hall–Kier alpha value is -4.91. The second-order valence-electron chi connectivity index (χ2n) is 8.10. The first-order chi connectivity index (χ1) is 17.1. The Morgan fingerprint density at radius 3 is 2.20 bits per heavy atom. The van der Waals surface area contributed by atoms with E-state index in [1.807, 2.05) is 84.9 Å². The van der Waals surface area contributed by atoms with Crippen molar-refractivity contribution < 1.29 is 9.72 Å². The van der Waals surface area contributed by atoms with Gasteiger partial charge in [-0.3, -0.25) is 14.9 Å². The van der Waals surface area contributed by atoms with E-state index < -0.39 is 4.92 Å². The summed E-state index contributed by atoms with van der Waals surface area (Å²) in [7, 11) is 0. The number of carbonyl (C=O) groups is 1. The molecule has 0 fully saturated rings. The van der Waals surface area contributed by atoms with Gasteiger partial charge >= 0.3 is 0 Å². The minimum Gasteiger partial charge on any atom is -0.381 e. The Kier molecular flexibility index (Phi) is 5.96. The number of nitro benzene ring substituents is 1. The molecule has 0 saturated carbocycles. The van der Waals surface area contributed by atoms with Crippen LogP contribution in [0.5, 0.6) is 0 Å². The predicted octanol–water partition coefficient (Wildman–Crippen LogP) is 6.14. The monoisotopic (exact) mass is 462 g/mol. The van der Waals surface area contributed by atoms with E-state index in [0.717, 1.165) is 22.5 Å². The van der Waals surface area contributed by atoms with Crippen LogP contribution in [0.15, 0.2) is 103 Å². The van der Waals surface area contributed by atoms with Crippen molar-refractivity contribution in [3.63, 3.8) is 0 Å². The van der Waals surface area contributed by atoms with Gasteiger partial charge in [0, 0.05) is 41.3 Å². The summed E-state index contributed by atoms with van der Waals surface area (Å²) in [5, 5.41) is 21.0. The Morgan fingerprint density at radius 2 is 1.51 bits per heavy atom. The number of hydrogen-bond acceptors (Lipinski definition) is 5. The van der Waals surface area contributed by atoms with Gasteiger partial charge in [-0.15, -0.1) is 0 Å². The molecule has 0 aromatic heterocycles. The fourth-order valence-corrected chi connectivity index (χ4v) is 4.01. The van der Waals surface area contributed by atoms with Gasteiger partial charge < -0.3 is 16.0 Å². The molecule has 35 heavy (non-hydrogen) atoms. The number of hydrogen-bond donors (Lipinski definition) is 3. The summed E-state index contributed by atoms with van der Waals surface area (Å²) < 4.78 is 0. The van der Waals surface area contributed by atoms with Crippen LogP contribution in [0.3, 0.4) is 0 Å². The van der Waals surface area contributed by atoms with E-state index in [0.29, 0.717) is 29.1 Å². The van der Waals surface area contributed by atoms with Gasteiger partial charge in [-0.2, -0.15) is 0 Å². The lowest BCUT2D eigenvalue weighted by atomic mass is 9.99. The average Bonchev–Trinajstić information content (AvgIpc) is 3.22. The molecule has 1 heterocycles. The van der Waals surface area contributed by atoms with Gasteiger partial charge in [-0.25, -0.2) is 0 Å². The molecule has 1 aliphatic rings. The number of fused-ring (bicyclic) bond motifs is 1. The van der Waals surface area contributed by atoms with Crippen LogP contribution in [0.25, 0.3) is 11.3 Å². The molecule has 172 valence electrons. The quantitative estimate of drug-likeness (QED) is 0.174. The maximum Gasteiger partial charge on any atom is 0.270 e. The van der Waals surface area contributed by atoms with E-state index in [-0.39, 0.29) is 11.6 Å². The Morgan fingerprint density at radius 1 is 0.829 bits per heavy atom. The Bertz CT molecular complexity index is 1420. The lowest BCUT2D eigenvalue weighted by Gasteiger charge is -2.15. The Labute approximate surface area is 202 Å².